The fourth-order valence-corrected chi connectivity index (χ4v) is 2.33. The molecule has 0 bridgehead atoms. The molecule has 0 fully saturated rings. The molecular weight excluding hydrogens is 349 g/mol. The van der Waals surface area contributed by atoms with Gasteiger partial charge in [-0.1, -0.05) is 23.8 Å². The molecule has 9 heteroatoms. The van der Waals surface area contributed by atoms with E-state index in [0.29, 0.717) is 25.1 Å². The van der Waals surface area contributed by atoms with Gasteiger partial charge in [0.1, 0.15) is 0 Å². The summed E-state index contributed by atoms with van der Waals surface area (Å²) in [6.45, 7) is -0.557. The number of hydrogen-bond donors (Lipinski definition) is 1. The zero-order valence-corrected chi connectivity index (χ0v) is 13.2. The van der Waals surface area contributed by atoms with Crippen LogP contribution in [-0.4, -0.2) is 23.5 Å². The molecule has 1 aliphatic carbocycles. The summed E-state index contributed by atoms with van der Waals surface area (Å²) in [5.41, 5.74) is -1.03. The smallest absolute Gasteiger partial charge is 0.417 e. The van der Waals surface area contributed by atoms with Crippen LogP contribution in [0.15, 0.2) is 24.4 Å². The lowest BCUT2D eigenvalue weighted by Gasteiger charge is -2.16. The van der Waals surface area contributed by atoms with Crippen LogP contribution in [0.2, 0.25) is 5.02 Å². The highest BCUT2D eigenvalue weighted by Crippen LogP contribution is 2.32. The van der Waals surface area contributed by atoms with Crippen LogP contribution in [0.5, 0.6) is 0 Å². The van der Waals surface area contributed by atoms with Crippen molar-refractivity contribution in [2.75, 3.05) is 11.9 Å². The number of rotatable bonds is 4. The number of anilines is 1. The van der Waals surface area contributed by atoms with Gasteiger partial charge in [-0.25, -0.2) is 4.98 Å². The number of carbonyl (C=O) groups excluding carboxylic acids is 2. The monoisotopic (exact) mass is 362 g/mol. The van der Waals surface area contributed by atoms with Crippen LogP contribution in [0, 0.1) is 5.92 Å². The van der Waals surface area contributed by atoms with E-state index in [1.54, 1.807) is 0 Å². The Hall–Kier alpha value is -2.09. The van der Waals surface area contributed by atoms with Gasteiger partial charge in [0.05, 0.1) is 16.5 Å². The molecule has 24 heavy (non-hydrogen) atoms. The second-order valence-electron chi connectivity index (χ2n) is 5.19. The van der Waals surface area contributed by atoms with Crippen molar-refractivity contribution in [1.82, 2.24) is 4.98 Å². The Morgan fingerprint density at radius 3 is 2.71 bits per heavy atom. The van der Waals surface area contributed by atoms with Crippen molar-refractivity contribution < 1.29 is 27.5 Å². The van der Waals surface area contributed by atoms with E-state index in [2.05, 4.69) is 10.3 Å². The summed E-state index contributed by atoms with van der Waals surface area (Å²) in [4.78, 5) is 27.0. The van der Waals surface area contributed by atoms with Gasteiger partial charge in [0, 0.05) is 6.20 Å². The number of amides is 1. The summed E-state index contributed by atoms with van der Waals surface area (Å²) in [7, 11) is 0. The quantitative estimate of drug-likeness (QED) is 0.656. The molecule has 1 aromatic heterocycles. The van der Waals surface area contributed by atoms with Gasteiger partial charge in [0.2, 0.25) is 0 Å². The number of allylic oxidation sites excluding steroid dienone is 2. The second kappa shape index (κ2) is 7.65. The van der Waals surface area contributed by atoms with E-state index < -0.39 is 30.2 Å². The fraction of sp³-hybridized carbons (Fsp3) is 0.400. The number of nitrogens with one attached hydrogen (secondary N) is 1. The normalized spacial score (nSPS) is 17.4. The molecule has 1 aliphatic rings. The van der Waals surface area contributed by atoms with E-state index in [-0.39, 0.29) is 16.8 Å². The van der Waals surface area contributed by atoms with E-state index in [1.807, 2.05) is 12.2 Å². The van der Waals surface area contributed by atoms with Crippen LogP contribution in [0.3, 0.4) is 0 Å². The summed E-state index contributed by atoms with van der Waals surface area (Å²) >= 11 is 5.67. The van der Waals surface area contributed by atoms with Crippen LogP contribution in [-0.2, 0) is 20.5 Å². The first-order valence-corrected chi connectivity index (χ1v) is 7.49. The van der Waals surface area contributed by atoms with Gasteiger partial charge in [-0.05, 0) is 25.3 Å². The molecule has 2 rings (SSSR count). The zero-order valence-electron chi connectivity index (χ0n) is 12.4. The Morgan fingerprint density at radius 2 is 2.12 bits per heavy atom. The molecule has 0 aromatic carbocycles. The number of hydrogen-bond acceptors (Lipinski definition) is 4. The molecule has 1 N–H and O–H groups in total. The maximum atomic E-state index is 12.5. The Bertz CT molecular complexity index is 662. The summed E-state index contributed by atoms with van der Waals surface area (Å²) in [6, 6.07) is 0.657. The van der Waals surface area contributed by atoms with Crippen LogP contribution < -0.4 is 5.32 Å². The average Bonchev–Trinajstić information content (AvgIpc) is 2.54. The maximum Gasteiger partial charge on any atom is 0.417 e. The summed E-state index contributed by atoms with van der Waals surface area (Å²) in [5.74, 6) is -1.73. The highest BCUT2D eigenvalue weighted by molar-refractivity contribution is 6.33. The van der Waals surface area contributed by atoms with Crippen LogP contribution in [0.1, 0.15) is 24.8 Å². The van der Waals surface area contributed by atoms with Gasteiger partial charge in [0.15, 0.2) is 12.4 Å². The van der Waals surface area contributed by atoms with Gasteiger partial charge < -0.3 is 10.1 Å². The molecule has 0 unspecified atom stereocenters. The van der Waals surface area contributed by atoms with Gasteiger partial charge in [0.25, 0.3) is 5.91 Å². The number of carbonyl (C=O) groups is 2. The summed E-state index contributed by atoms with van der Waals surface area (Å²) in [6.07, 6.45) is 1.81. The third kappa shape index (κ3) is 4.95. The molecule has 0 saturated heterocycles. The van der Waals surface area contributed by atoms with Crippen molar-refractivity contribution in [3.05, 3.63) is 35.0 Å². The molecule has 0 aliphatic heterocycles. The minimum absolute atomic E-state index is 0.230. The van der Waals surface area contributed by atoms with Gasteiger partial charge in [-0.2, -0.15) is 13.2 Å². The number of alkyl halides is 3. The Labute approximate surface area is 140 Å². The van der Waals surface area contributed by atoms with Crippen molar-refractivity contribution >= 4 is 29.3 Å². The molecule has 5 nitrogen and oxygen atoms in total. The predicted octanol–water partition coefficient (Wildman–Crippen LogP) is 3.59. The number of ether oxygens (including phenoxy) is 1. The number of pyridine rings is 1. The minimum atomic E-state index is -4.58. The highest BCUT2D eigenvalue weighted by Gasteiger charge is 2.31. The first-order valence-electron chi connectivity index (χ1n) is 7.11. The van der Waals surface area contributed by atoms with E-state index in [4.69, 9.17) is 16.3 Å². The van der Waals surface area contributed by atoms with E-state index in [0.717, 1.165) is 6.42 Å². The average molecular weight is 363 g/mol. The lowest BCUT2D eigenvalue weighted by Crippen LogP contribution is -2.25. The standard InChI is InChI=1S/C15H14ClF3N2O3/c16-11-6-10(15(17,18)19)7-20-13(11)21-12(22)8-24-14(23)9-4-2-1-3-5-9/h1-2,6-7,9H,3-5,8H2,(H,20,21,22)/t9-/m1/s1. The molecule has 1 atom stereocenters. The first kappa shape index (κ1) is 18.3. The Balaban J connectivity index is 1.88. The number of nitrogens with zero attached hydrogens (tertiary/aromatic N) is 1. The fourth-order valence-electron chi connectivity index (χ4n) is 2.12. The van der Waals surface area contributed by atoms with Gasteiger partial charge in [-0.3, -0.25) is 9.59 Å². The molecule has 1 aromatic rings. The predicted molar refractivity (Wildman–Crippen MR) is 80.3 cm³/mol. The zero-order chi connectivity index (χ0) is 17.7. The van der Waals surface area contributed by atoms with Crippen molar-refractivity contribution in [3.8, 4) is 0 Å². The maximum absolute atomic E-state index is 12.5. The third-order valence-electron chi connectivity index (χ3n) is 3.37. The highest BCUT2D eigenvalue weighted by atomic mass is 35.5. The topological polar surface area (TPSA) is 68.3 Å². The second-order valence-corrected chi connectivity index (χ2v) is 5.60. The molecule has 0 saturated carbocycles. The summed E-state index contributed by atoms with van der Waals surface area (Å²) < 4.78 is 42.4. The van der Waals surface area contributed by atoms with Crippen LogP contribution in [0.4, 0.5) is 19.0 Å². The molecule has 1 amide bonds. The lowest BCUT2D eigenvalue weighted by molar-refractivity contribution is -0.151. The van der Waals surface area contributed by atoms with E-state index in [1.165, 1.54) is 0 Å². The van der Waals surface area contributed by atoms with E-state index in [9.17, 15) is 22.8 Å². The first-order chi connectivity index (χ1) is 11.3. The largest absolute Gasteiger partial charge is 0.455 e. The molecular formula is C15H14ClF3N2O3. The van der Waals surface area contributed by atoms with Crippen molar-refractivity contribution in [3.63, 3.8) is 0 Å². The van der Waals surface area contributed by atoms with E-state index >= 15 is 0 Å². The minimum Gasteiger partial charge on any atom is -0.455 e. The number of halogens is 4. The molecule has 0 radical (unpaired) electrons. The summed E-state index contributed by atoms with van der Waals surface area (Å²) in [5, 5.41) is 1.85. The van der Waals surface area contributed by atoms with Crippen molar-refractivity contribution in [2.24, 2.45) is 5.92 Å². The Morgan fingerprint density at radius 1 is 1.38 bits per heavy atom. The number of esters is 1. The van der Waals surface area contributed by atoms with Crippen molar-refractivity contribution in [1.29, 1.82) is 0 Å². The van der Waals surface area contributed by atoms with Crippen LogP contribution in [0.25, 0.3) is 0 Å². The number of aromatic nitrogens is 1. The van der Waals surface area contributed by atoms with Crippen LogP contribution >= 0.6 is 11.6 Å². The molecule has 0 spiro atoms. The molecule has 1 heterocycles. The van der Waals surface area contributed by atoms with Crippen molar-refractivity contribution in [2.45, 2.75) is 25.4 Å². The Kier molecular flexibility index (Phi) is 5.82. The van der Waals surface area contributed by atoms with Gasteiger partial charge >= 0.3 is 12.1 Å². The lowest BCUT2D eigenvalue weighted by atomic mass is 9.95. The SMILES string of the molecule is O=C(COC(=O)[C@@H]1CC=CCC1)Nc1ncc(C(F)(F)F)cc1Cl. The van der Waals surface area contributed by atoms with Gasteiger partial charge in [-0.15, -0.1) is 0 Å². The molecule has 130 valence electrons. The third-order valence-corrected chi connectivity index (χ3v) is 3.66.